The zero-order valence-corrected chi connectivity index (χ0v) is 10.8. The van der Waals surface area contributed by atoms with Gasteiger partial charge in [0.05, 0.1) is 12.8 Å². The molecule has 4 heteroatoms. The van der Waals surface area contributed by atoms with E-state index in [1.54, 1.807) is 25.6 Å². The highest BCUT2D eigenvalue weighted by Gasteiger charge is 2.27. The molecule has 1 aliphatic carbocycles. The second kappa shape index (κ2) is 3.87. The molecule has 0 spiro atoms. The summed E-state index contributed by atoms with van der Waals surface area (Å²) in [5, 5.41) is 1.81. The highest BCUT2D eigenvalue weighted by molar-refractivity contribution is 6.24. The van der Waals surface area contributed by atoms with Crippen LogP contribution in [0.3, 0.4) is 0 Å². The number of hydrogen-bond donors (Lipinski definition) is 0. The standard InChI is InChI=1S/C16H10N2O2/c1-20-10-2-3-11-12(8-10)16(19)15-13-9(5-7-18-15)4-6-17-14(11)13/h2-8H,1H3. The van der Waals surface area contributed by atoms with Crippen molar-refractivity contribution in [3.63, 3.8) is 0 Å². The van der Waals surface area contributed by atoms with E-state index in [0.29, 0.717) is 17.0 Å². The largest absolute Gasteiger partial charge is 0.497 e. The third-order valence-electron chi connectivity index (χ3n) is 3.62. The smallest absolute Gasteiger partial charge is 0.212 e. The van der Waals surface area contributed by atoms with Crippen LogP contribution in [0, 0.1) is 0 Å². The molecule has 0 bridgehead atoms. The Morgan fingerprint density at radius 3 is 2.45 bits per heavy atom. The van der Waals surface area contributed by atoms with Gasteiger partial charge in [0.15, 0.2) is 0 Å². The molecular formula is C16H10N2O2. The van der Waals surface area contributed by atoms with Crippen molar-refractivity contribution in [1.29, 1.82) is 0 Å². The van der Waals surface area contributed by atoms with Gasteiger partial charge in [-0.3, -0.25) is 14.8 Å². The SMILES string of the molecule is COc1ccc2c(c1)C(=O)c1nccc3ccnc-2c13. The lowest BCUT2D eigenvalue weighted by Crippen LogP contribution is -2.12. The van der Waals surface area contributed by atoms with E-state index in [-0.39, 0.29) is 5.78 Å². The first-order chi connectivity index (χ1) is 9.79. The fraction of sp³-hybridized carbons (Fsp3) is 0.0625. The fourth-order valence-corrected chi connectivity index (χ4v) is 2.67. The molecule has 0 aliphatic heterocycles. The van der Waals surface area contributed by atoms with E-state index in [4.69, 9.17) is 4.74 Å². The number of rotatable bonds is 1. The van der Waals surface area contributed by atoms with Gasteiger partial charge in [0, 0.05) is 28.9 Å². The molecule has 2 aromatic heterocycles. The quantitative estimate of drug-likeness (QED) is 0.529. The molecule has 1 aromatic carbocycles. The summed E-state index contributed by atoms with van der Waals surface area (Å²) >= 11 is 0. The van der Waals surface area contributed by atoms with Gasteiger partial charge in [-0.15, -0.1) is 0 Å². The normalized spacial score (nSPS) is 12.3. The molecule has 3 aromatic rings. The monoisotopic (exact) mass is 262 g/mol. The Balaban J connectivity index is 2.16. The predicted octanol–water partition coefficient (Wildman–Crippen LogP) is 2.85. The van der Waals surface area contributed by atoms with E-state index >= 15 is 0 Å². The van der Waals surface area contributed by atoms with Gasteiger partial charge >= 0.3 is 0 Å². The summed E-state index contributed by atoms with van der Waals surface area (Å²) in [5.74, 6) is 0.577. The molecule has 4 nitrogen and oxygen atoms in total. The molecule has 0 radical (unpaired) electrons. The Morgan fingerprint density at radius 1 is 0.950 bits per heavy atom. The minimum Gasteiger partial charge on any atom is -0.497 e. The molecule has 0 unspecified atom stereocenters. The predicted molar refractivity (Wildman–Crippen MR) is 75.0 cm³/mol. The van der Waals surface area contributed by atoms with Gasteiger partial charge in [-0.05, 0) is 35.7 Å². The molecule has 2 heterocycles. The van der Waals surface area contributed by atoms with Crippen LogP contribution >= 0.6 is 0 Å². The summed E-state index contributed by atoms with van der Waals surface area (Å²) < 4.78 is 5.20. The van der Waals surface area contributed by atoms with E-state index < -0.39 is 0 Å². The zero-order chi connectivity index (χ0) is 13.7. The van der Waals surface area contributed by atoms with Crippen LogP contribution in [-0.4, -0.2) is 22.9 Å². The van der Waals surface area contributed by atoms with Gasteiger partial charge in [-0.25, -0.2) is 0 Å². The zero-order valence-electron chi connectivity index (χ0n) is 10.8. The molecule has 0 fully saturated rings. The van der Waals surface area contributed by atoms with Crippen molar-refractivity contribution in [1.82, 2.24) is 9.97 Å². The van der Waals surface area contributed by atoms with Gasteiger partial charge in [0.1, 0.15) is 11.4 Å². The Labute approximate surface area is 115 Å². The highest BCUT2D eigenvalue weighted by Crippen LogP contribution is 2.38. The summed E-state index contributed by atoms with van der Waals surface area (Å²) in [6.07, 6.45) is 3.41. The first-order valence-electron chi connectivity index (χ1n) is 6.26. The third-order valence-corrected chi connectivity index (χ3v) is 3.62. The van der Waals surface area contributed by atoms with Crippen molar-refractivity contribution in [3.8, 4) is 17.0 Å². The molecule has 4 rings (SSSR count). The van der Waals surface area contributed by atoms with Crippen LogP contribution in [0.15, 0.2) is 42.7 Å². The van der Waals surface area contributed by atoms with Gasteiger partial charge in [0.2, 0.25) is 5.78 Å². The van der Waals surface area contributed by atoms with Crippen LogP contribution in [0.1, 0.15) is 16.1 Å². The molecule has 96 valence electrons. The number of methoxy groups -OCH3 is 1. The second-order valence-electron chi connectivity index (χ2n) is 4.66. The number of ether oxygens (including phenoxy) is 1. The minimum absolute atomic E-state index is 0.0787. The van der Waals surface area contributed by atoms with E-state index in [1.165, 1.54) is 0 Å². The number of benzene rings is 1. The van der Waals surface area contributed by atoms with E-state index in [1.807, 2.05) is 24.3 Å². The number of pyridine rings is 2. The third kappa shape index (κ3) is 1.33. The molecule has 1 aliphatic rings. The Kier molecular flexibility index (Phi) is 2.15. The van der Waals surface area contributed by atoms with Crippen LogP contribution < -0.4 is 4.74 Å². The van der Waals surface area contributed by atoms with Crippen LogP contribution in [0.5, 0.6) is 5.75 Å². The number of hydrogen-bond acceptors (Lipinski definition) is 4. The lowest BCUT2D eigenvalue weighted by Gasteiger charge is -2.18. The summed E-state index contributed by atoms with van der Waals surface area (Å²) in [7, 11) is 1.58. The summed E-state index contributed by atoms with van der Waals surface area (Å²) in [6.45, 7) is 0. The van der Waals surface area contributed by atoms with Crippen LogP contribution in [0.4, 0.5) is 0 Å². The van der Waals surface area contributed by atoms with Crippen LogP contribution in [0.25, 0.3) is 22.0 Å². The molecule has 0 amide bonds. The lowest BCUT2D eigenvalue weighted by atomic mass is 9.88. The number of carbonyl (C=O) groups excluding carboxylic acids is 1. The Morgan fingerprint density at radius 2 is 1.70 bits per heavy atom. The van der Waals surface area contributed by atoms with Gasteiger partial charge < -0.3 is 4.74 Å². The van der Waals surface area contributed by atoms with Gasteiger partial charge in [-0.2, -0.15) is 0 Å². The summed E-state index contributed by atoms with van der Waals surface area (Å²) in [4.78, 5) is 21.3. The van der Waals surface area contributed by atoms with Crippen molar-refractivity contribution in [2.45, 2.75) is 0 Å². The number of ketones is 1. The van der Waals surface area contributed by atoms with Crippen molar-refractivity contribution in [3.05, 3.63) is 54.0 Å². The molecular weight excluding hydrogens is 252 g/mol. The van der Waals surface area contributed by atoms with E-state index in [9.17, 15) is 4.79 Å². The van der Waals surface area contributed by atoms with Crippen LogP contribution in [0.2, 0.25) is 0 Å². The van der Waals surface area contributed by atoms with Crippen molar-refractivity contribution < 1.29 is 9.53 Å². The highest BCUT2D eigenvalue weighted by atomic mass is 16.5. The Bertz CT molecular complexity index is 866. The average Bonchev–Trinajstić information content (AvgIpc) is 2.51. The topological polar surface area (TPSA) is 52.1 Å². The average molecular weight is 262 g/mol. The molecule has 0 saturated heterocycles. The van der Waals surface area contributed by atoms with E-state index in [0.717, 1.165) is 22.0 Å². The van der Waals surface area contributed by atoms with Crippen LogP contribution in [-0.2, 0) is 0 Å². The molecule has 20 heavy (non-hydrogen) atoms. The van der Waals surface area contributed by atoms with Gasteiger partial charge in [-0.1, -0.05) is 0 Å². The molecule has 0 saturated carbocycles. The number of fused-ring (bicyclic) bond motifs is 2. The van der Waals surface area contributed by atoms with Crippen molar-refractivity contribution >= 4 is 16.6 Å². The fourth-order valence-electron chi connectivity index (χ4n) is 2.67. The number of nitrogens with zero attached hydrogens (tertiary/aromatic N) is 2. The van der Waals surface area contributed by atoms with E-state index in [2.05, 4.69) is 9.97 Å². The maximum absolute atomic E-state index is 12.6. The van der Waals surface area contributed by atoms with Crippen molar-refractivity contribution in [2.75, 3.05) is 7.11 Å². The number of carbonyl (C=O) groups is 1. The van der Waals surface area contributed by atoms with Crippen molar-refractivity contribution in [2.24, 2.45) is 0 Å². The summed E-state index contributed by atoms with van der Waals surface area (Å²) in [5.41, 5.74) is 2.70. The Hall–Kier alpha value is -2.75. The maximum Gasteiger partial charge on any atom is 0.212 e. The second-order valence-corrected chi connectivity index (χ2v) is 4.66. The first-order valence-corrected chi connectivity index (χ1v) is 6.26. The molecule has 0 N–H and O–H groups in total. The molecule has 0 atom stereocenters. The lowest BCUT2D eigenvalue weighted by molar-refractivity contribution is 0.103. The number of aromatic nitrogens is 2. The maximum atomic E-state index is 12.6. The first kappa shape index (κ1) is 11.1. The minimum atomic E-state index is -0.0787. The summed E-state index contributed by atoms with van der Waals surface area (Å²) in [6, 6.07) is 9.26. The van der Waals surface area contributed by atoms with Gasteiger partial charge in [0.25, 0.3) is 0 Å².